The summed E-state index contributed by atoms with van der Waals surface area (Å²) in [6.45, 7) is -0.883. The number of fused-ring (bicyclic) bond motifs is 1. The first-order valence-corrected chi connectivity index (χ1v) is 7.16. The molecule has 0 unspecified atom stereocenters. The first kappa shape index (κ1) is 13.5. The highest BCUT2D eigenvalue weighted by Crippen LogP contribution is 2.27. The van der Waals surface area contributed by atoms with E-state index >= 15 is 0 Å². The molecule has 0 spiro atoms. The van der Waals surface area contributed by atoms with Crippen LogP contribution < -0.4 is 0 Å². The van der Waals surface area contributed by atoms with Crippen LogP contribution in [-0.4, -0.2) is 43.0 Å². The van der Waals surface area contributed by atoms with Gasteiger partial charge in [-0.15, -0.1) is 11.3 Å². The van der Waals surface area contributed by atoms with Crippen molar-refractivity contribution in [2.45, 2.75) is 5.92 Å². The smallest absolute Gasteiger partial charge is 0.288 e. The maximum atomic E-state index is 13.5. The molecule has 20 heavy (non-hydrogen) atoms. The Morgan fingerprint density at radius 3 is 3.05 bits per heavy atom. The van der Waals surface area contributed by atoms with Gasteiger partial charge in [-0.1, -0.05) is 12.1 Å². The lowest BCUT2D eigenvalue weighted by Gasteiger charge is -2.23. The van der Waals surface area contributed by atoms with Crippen molar-refractivity contribution in [3.8, 4) is 0 Å². The van der Waals surface area contributed by atoms with Gasteiger partial charge in [0.25, 0.3) is 11.8 Å². The number of carbonyl (C=O) groups excluding carboxylic acids is 1. The van der Waals surface area contributed by atoms with Crippen LogP contribution in [-0.2, 0) is 4.74 Å². The van der Waals surface area contributed by atoms with Gasteiger partial charge in [0.1, 0.15) is 6.61 Å². The third-order valence-corrected chi connectivity index (χ3v) is 4.20. The Bertz CT molecular complexity index is 641. The summed E-state index contributed by atoms with van der Waals surface area (Å²) >= 11 is 1.45. The predicted molar refractivity (Wildman–Crippen MR) is 73.5 cm³/mol. The third kappa shape index (κ3) is 2.53. The van der Waals surface area contributed by atoms with E-state index in [9.17, 15) is 13.6 Å². The van der Waals surface area contributed by atoms with E-state index < -0.39 is 19.1 Å². The van der Waals surface area contributed by atoms with Gasteiger partial charge in [0, 0.05) is 11.2 Å². The molecule has 1 aliphatic heterocycles. The van der Waals surface area contributed by atoms with Crippen LogP contribution in [0.2, 0.25) is 0 Å². The van der Waals surface area contributed by atoms with E-state index in [-0.39, 0.29) is 19.1 Å². The van der Waals surface area contributed by atoms with E-state index in [1.54, 1.807) is 12.1 Å². The molecule has 3 nitrogen and oxygen atoms in total. The average Bonchev–Trinajstić information content (AvgIpc) is 2.82. The van der Waals surface area contributed by atoms with E-state index in [2.05, 4.69) is 0 Å². The van der Waals surface area contributed by atoms with E-state index in [1.807, 2.05) is 17.5 Å². The number of thiophene rings is 1. The second kappa shape index (κ2) is 5.10. The Morgan fingerprint density at radius 1 is 1.35 bits per heavy atom. The van der Waals surface area contributed by atoms with Gasteiger partial charge < -0.3 is 9.64 Å². The number of hydrogen-bond donors (Lipinski definition) is 0. The van der Waals surface area contributed by atoms with Gasteiger partial charge in [0.2, 0.25) is 0 Å². The van der Waals surface area contributed by atoms with Gasteiger partial charge in [0.05, 0.1) is 18.7 Å². The highest BCUT2D eigenvalue weighted by molar-refractivity contribution is 7.17. The minimum Gasteiger partial charge on any atom is -0.373 e. The standard InChI is InChI=1S/C14H13F2NO2S/c15-14(16)8-17(5-6-19-9-14)13(18)11-3-1-2-10-4-7-20-12(10)11/h1-4,7H,5-6,8-9H2. The monoisotopic (exact) mass is 297 g/mol. The Labute approximate surface area is 118 Å². The minimum atomic E-state index is -2.99. The fraction of sp³-hybridized carbons (Fsp3) is 0.357. The normalized spacial score (nSPS) is 19.0. The molecule has 0 radical (unpaired) electrons. The van der Waals surface area contributed by atoms with Crippen molar-refractivity contribution >= 4 is 27.3 Å². The quantitative estimate of drug-likeness (QED) is 0.810. The van der Waals surface area contributed by atoms with Gasteiger partial charge >= 0.3 is 0 Å². The number of nitrogens with zero attached hydrogens (tertiary/aromatic N) is 1. The first-order valence-electron chi connectivity index (χ1n) is 6.28. The molecule has 3 rings (SSSR count). The summed E-state index contributed by atoms with van der Waals surface area (Å²) in [7, 11) is 0. The molecule has 1 saturated heterocycles. The lowest BCUT2D eigenvalue weighted by molar-refractivity contribution is -0.0660. The maximum Gasteiger partial charge on any atom is 0.288 e. The molecule has 0 aliphatic carbocycles. The van der Waals surface area contributed by atoms with Crippen LogP contribution in [0.5, 0.6) is 0 Å². The fourth-order valence-electron chi connectivity index (χ4n) is 2.31. The number of amides is 1. The molecule has 2 aromatic rings. The molecule has 1 aromatic heterocycles. The number of halogens is 2. The number of carbonyl (C=O) groups is 1. The average molecular weight is 297 g/mol. The minimum absolute atomic E-state index is 0.141. The van der Waals surface area contributed by atoms with Crippen LogP contribution in [0, 0.1) is 0 Å². The molecule has 6 heteroatoms. The van der Waals surface area contributed by atoms with Crippen molar-refractivity contribution < 1.29 is 18.3 Å². The van der Waals surface area contributed by atoms with Gasteiger partial charge in [0.15, 0.2) is 0 Å². The zero-order valence-electron chi connectivity index (χ0n) is 10.6. The van der Waals surface area contributed by atoms with Gasteiger partial charge in [-0.2, -0.15) is 0 Å². The van der Waals surface area contributed by atoms with E-state index in [0.717, 1.165) is 10.1 Å². The van der Waals surface area contributed by atoms with Crippen molar-refractivity contribution in [2.75, 3.05) is 26.3 Å². The highest BCUT2D eigenvalue weighted by Gasteiger charge is 2.36. The van der Waals surface area contributed by atoms with Crippen molar-refractivity contribution in [1.29, 1.82) is 0 Å². The summed E-state index contributed by atoms with van der Waals surface area (Å²) in [6, 6.07) is 7.28. The largest absolute Gasteiger partial charge is 0.373 e. The zero-order valence-corrected chi connectivity index (χ0v) is 11.5. The van der Waals surface area contributed by atoms with Crippen LogP contribution in [0.15, 0.2) is 29.6 Å². The van der Waals surface area contributed by atoms with Crippen molar-refractivity contribution in [2.24, 2.45) is 0 Å². The molecule has 2 heterocycles. The van der Waals surface area contributed by atoms with Crippen LogP contribution in [0.25, 0.3) is 10.1 Å². The lowest BCUT2D eigenvalue weighted by atomic mass is 10.1. The van der Waals surface area contributed by atoms with E-state index in [0.29, 0.717) is 5.56 Å². The van der Waals surface area contributed by atoms with Crippen LogP contribution in [0.4, 0.5) is 8.78 Å². The highest BCUT2D eigenvalue weighted by atomic mass is 32.1. The van der Waals surface area contributed by atoms with Crippen LogP contribution in [0.1, 0.15) is 10.4 Å². The van der Waals surface area contributed by atoms with Crippen molar-refractivity contribution in [3.63, 3.8) is 0 Å². The van der Waals surface area contributed by atoms with Crippen LogP contribution >= 0.6 is 11.3 Å². The van der Waals surface area contributed by atoms with E-state index in [1.165, 1.54) is 16.2 Å². The summed E-state index contributed by atoms with van der Waals surface area (Å²) in [5, 5.41) is 2.85. The second-order valence-corrected chi connectivity index (χ2v) is 5.70. The van der Waals surface area contributed by atoms with Gasteiger partial charge in [-0.05, 0) is 22.9 Å². The summed E-state index contributed by atoms with van der Waals surface area (Å²) in [5.41, 5.74) is 0.482. The Kier molecular flexibility index (Phi) is 3.43. The Hall–Kier alpha value is -1.53. The van der Waals surface area contributed by atoms with Crippen LogP contribution in [0.3, 0.4) is 0 Å². The Morgan fingerprint density at radius 2 is 2.20 bits per heavy atom. The second-order valence-electron chi connectivity index (χ2n) is 4.78. The fourth-order valence-corrected chi connectivity index (χ4v) is 3.21. The molecule has 0 saturated carbocycles. The molecular weight excluding hydrogens is 284 g/mol. The SMILES string of the molecule is O=C(c1cccc2ccsc12)N1CCOCC(F)(F)C1. The number of ether oxygens (including phenoxy) is 1. The Balaban J connectivity index is 1.93. The van der Waals surface area contributed by atoms with Crippen molar-refractivity contribution in [1.82, 2.24) is 4.90 Å². The molecule has 1 fully saturated rings. The van der Waals surface area contributed by atoms with Gasteiger partial charge in [-0.3, -0.25) is 4.79 Å². The molecule has 1 aromatic carbocycles. The number of alkyl halides is 2. The molecule has 1 aliphatic rings. The lowest BCUT2D eigenvalue weighted by Crippen LogP contribution is -2.41. The van der Waals surface area contributed by atoms with Crippen molar-refractivity contribution in [3.05, 3.63) is 35.2 Å². The number of hydrogen-bond acceptors (Lipinski definition) is 3. The first-order chi connectivity index (χ1) is 9.57. The van der Waals surface area contributed by atoms with Gasteiger partial charge in [-0.25, -0.2) is 8.78 Å². The zero-order chi connectivity index (χ0) is 14.2. The summed E-state index contributed by atoms with van der Waals surface area (Å²) in [4.78, 5) is 13.7. The summed E-state index contributed by atoms with van der Waals surface area (Å²) < 4.78 is 32.8. The topological polar surface area (TPSA) is 29.5 Å². The number of benzene rings is 1. The molecular formula is C14H13F2NO2S. The molecule has 0 N–H and O–H groups in total. The molecule has 0 atom stereocenters. The number of rotatable bonds is 1. The molecule has 106 valence electrons. The molecule has 1 amide bonds. The van der Waals surface area contributed by atoms with E-state index in [4.69, 9.17) is 4.74 Å². The predicted octanol–water partition coefficient (Wildman–Crippen LogP) is 3.01. The third-order valence-electron chi connectivity index (χ3n) is 3.24. The molecule has 0 bridgehead atoms. The maximum absolute atomic E-state index is 13.5. The summed E-state index contributed by atoms with van der Waals surface area (Å²) in [5.74, 6) is -3.35. The summed E-state index contributed by atoms with van der Waals surface area (Å²) in [6.07, 6.45) is 0.